The van der Waals surface area contributed by atoms with E-state index in [1.807, 2.05) is 0 Å². The molecule has 2 amide bonds. The summed E-state index contributed by atoms with van der Waals surface area (Å²) >= 11 is 10.8. The highest BCUT2D eigenvalue weighted by Gasteiger charge is 2.35. The van der Waals surface area contributed by atoms with Gasteiger partial charge < -0.3 is 0 Å². The molecule has 0 bridgehead atoms. The minimum atomic E-state index is -4.71. The van der Waals surface area contributed by atoms with Gasteiger partial charge in [0.05, 0.1) is 11.3 Å². The Balaban J connectivity index is 2.06. The number of benzene rings is 2. The normalized spacial score (nSPS) is 16.5. The molecule has 2 aromatic rings. The van der Waals surface area contributed by atoms with E-state index in [1.54, 1.807) is 0 Å². The fourth-order valence-electron chi connectivity index (χ4n) is 2.47. The molecular weight excluding hydrogens is 420 g/mol. The zero-order valence-electron chi connectivity index (χ0n) is 13.7. The fourth-order valence-corrected chi connectivity index (χ4v) is 2.88. The number of rotatable bonds is 2. The molecule has 1 aliphatic heterocycles. The van der Waals surface area contributed by atoms with Crippen LogP contribution in [0.5, 0.6) is 0 Å². The van der Waals surface area contributed by atoms with Gasteiger partial charge in [0.15, 0.2) is 5.11 Å². The first-order valence-electron chi connectivity index (χ1n) is 7.61. The minimum absolute atomic E-state index is 0.223. The number of anilines is 1. The van der Waals surface area contributed by atoms with E-state index in [4.69, 9.17) is 23.8 Å². The van der Waals surface area contributed by atoms with E-state index in [9.17, 15) is 27.2 Å². The van der Waals surface area contributed by atoms with E-state index in [0.717, 1.165) is 11.0 Å². The molecule has 0 atom stereocenters. The number of nitrogens with one attached hydrogen (secondary N) is 1. The zero-order chi connectivity index (χ0) is 20.6. The highest BCUT2D eigenvalue weighted by atomic mass is 35.5. The molecule has 144 valence electrons. The molecule has 0 radical (unpaired) electrons. The number of carbonyl (C=O) groups excluding carboxylic acids is 2. The molecule has 0 aromatic heterocycles. The van der Waals surface area contributed by atoms with Crippen molar-refractivity contribution in [3.63, 3.8) is 0 Å². The Bertz CT molecular complexity index is 1020. The van der Waals surface area contributed by atoms with Crippen LogP contribution in [0, 0.1) is 5.82 Å². The molecule has 1 saturated heterocycles. The first-order chi connectivity index (χ1) is 13.1. The van der Waals surface area contributed by atoms with Crippen LogP contribution in [0.1, 0.15) is 11.1 Å². The summed E-state index contributed by atoms with van der Waals surface area (Å²) < 4.78 is 52.6. The largest absolute Gasteiger partial charge is 0.416 e. The number of alkyl halides is 3. The van der Waals surface area contributed by atoms with Crippen LogP contribution >= 0.6 is 23.8 Å². The van der Waals surface area contributed by atoms with Crippen molar-refractivity contribution in [1.29, 1.82) is 0 Å². The molecule has 3 rings (SSSR count). The van der Waals surface area contributed by atoms with Gasteiger partial charge in [0.2, 0.25) is 0 Å². The van der Waals surface area contributed by atoms with Gasteiger partial charge in [-0.1, -0.05) is 11.6 Å². The average molecular weight is 429 g/mol. The monoisotopic (exact) mass is 428 g/mol. The molecule has 28 heavy (non-hydrogen) atoms. The molecule has 1 N–H and O–H groups in total. The van der Waals surface area contributed by atoms with E-state index in [0.29, 0.717) is 23.2 Å². The zero-order valence-corrected chi connectivity index (χ0v) is 15.3. The highest BCUT2D eigenvalue weighted by Crippen LogP contribution is 2.31. The van der Waals surface area contributed by atoms with Crippen molar-refractivity contribution in [3.8, 4) is 0 Å². The van der Waals surface area contributed by atoms with Crippen LogP contribution in [0.2, 0.25) is 5.02 Å². The maximum Gasteiger partial charge on any atom is 0.416 e. The van der Waals surface area contributed by atoms with Gasteiger partial charge in [0.1, 0.15) is 11.4 Å². The molecular formula is C18H9ClF4N2O2S. The lowest BCUT2D eigenvalue weighted by molar-refractivity contribution is -0.137. The quantitative estimate of drug-likeness (QED) is 0.335. The summed E-state index contributed by atoms with van der Waals surface area (Å²) in [6, 6.07) is 7.59. The van der Waals surface area contributed by atoms with Crippen molar-refractivity contribution in [2.24, 2.45) is 0 Å². The summed E-state index contributed by atoms with van der Waals surface area (Å²) in [5, 5.41) is 2.43. The topological polar surface area (TPSA) is 49.4 Å². The van der Waals surface area contributed by atoms with Crippen LogP contribution in [0.25, 0.3) is 6.08 Å². The Morgan fingerprint density at radius 3 is 2.32 bits per heavy atom. The van der Waals surface area contributed by atoms with E-state index in [1.165, 1.54) is 24.3 Å². The molecule has 10 heteroatoms. The van der Waals surface area contributed by atoms with Crippen LogP contribution in [0.4, 0.5) is 23.2 Å². The second-order valence-corrected chi connectivity index (χ2v) is 6.49. The number of amides is 2. The number of hydrogen-bond acceptors (Lipinski definition) is 3. The number of halogens is 5. The predicted octanol–water partition coefficient (Wildman–Crippen LogP) is 4.33. The van der Waals surface area contributed by atoms with E-state index >= 15 is 0 Å². The number of carbonyl (C=O) groups is 2. The van der Waals surface area contributed by atoms with Crippen molar-refractivity contribution < 1.29 is 27.2 Å². The third-order valence-corrected chi connectivity index (χ3v) is 4.35. The number of nitrogens with zero attached hydrogens (tertiary/aromatic N) is 1. The van der Waals surface area contributed by atoms with Crippen LogP contribution in [-0.2, 0) is 15.8 Å². The third kappa shape index (κ3) is 3.90. The first kappa shape index (κ1) is 20.0. The Morgan fingerprint density at radius 2 is 1.71 bits per heavy atom. The maximum absolute atomic E-state index is 14.0. The molecule has 2 aromatic carbocycles. The van der Waals surface area contributed by atoms with Gasteiger partial charge in [-0.2, -0.15) is 13.2 Å². The van der Waals surface area contributed by atoms with Gasteiger partial charge in [-0.25, -0.2) is 4.39 Å². The molecule has 4 nitrogen and oxygen atoms in total. The van der Waals surface area contributed by atoms with Gasteiger partial charge in [-0.05, 0) is 60.8 Å². The molecule has 0 aliphatic carbocycles. The van der Waals surface area contributed by atoms with Crippen molar-refractivity contribution >= 4 is 52.5 Å². The summed E-state index contributed by atoms with van der Waals surface area (Å²) in [4.78, 5) is 25.9. The van der Waals surface area contributed by atoms with Gasteiger partial charge in [-0.15, -0.1) is 0 Å². The Morgan fingerprint density at radius 1 is 1.07 bits per heavy atom. The number of thiocarbonyl (C=S) groups is 1. The Kier molecular flexibility index (Phi) is 5.22. The van der Waals surface area contributed by atoms with Gasteiger partial charge in [-0.3, -0.25) is 19.8 Å². The summed E-state index contributed by atoms with van der Waals surface area (Å²) in [7, 11) is 0. The molecule has 0 spiro atoms. The molecule has 1 heterocycles. The van der Waals surface area contributed by atoms with E-state index < -0.39 is 40.5 Å². The van der Waals surface area contributed by atoms with Crippen LogP contribution in [-0.4, -0.2) is 16.9 Å². The predicted molar refractivity (Wildman–Crippen MR) is 99.1 cm³/mol. The molecule has 1 fully saturated rings. The average Bonchev–Trinajstić information content (AvgIpc) is 2.60. The van der Waals surface area contributed by atoms with E-state index in [2.05, 4.69) is 5.32 Å². The lowest BCUT2D eigenvalue weighted by Crippen LogP contribution is -2.54. The van der Waals surface area contributed by atoms with Crippen LogP contribution < -0.4 is 10.2 Å². The van der Waals surface area contributed by atoms with Crippen LogP contribution in [0.3, 0.4) is 0 Å². The van der Waals surface area contributed by atoms with Crippen molar-refractivity contribution in [3.05, 3.63) is 70.0 Å². The minimum Gasteiger partial charge on any atom is -0.298 e. The SMILES string of the molecule is O=C1NC(=S)N(c2ccc(Cl)cc2)C(=O)C1=Cc1cc(C(F)(F)F)ccc1F. The fraction of sp³-hybridized carbons (Fsp3) is 0.0556. The van der Waals surface area contributed by atoms with Crippen molar-refractivity contribution in [2.75, 3.05) is 4.90 Å². The molecule has 0 unspecified atom stereocenters. The summed E-state index contributed by atoms with van der Waals surface area (Å²) in [6.45, 7) is 0. The summed E-state index contributed by atoms with van der Waals surface area (Å²) in [5.41, 5.74) is -1.97. The van der Waals surface area contributed by atoms with Crippen molar-refractivity contribution in [2.45, 2.75) is 6.18 Å². The lowest BCUT2D eigenvalue weighted by Gasteiger charge is -2.29. The summed E-state index contributed by atoms with van der Waals surface area (Å²) in [5.74, 6) is -2.88. The Labute approximate surface area is 166 Å². The second kappa shape index (κ2) is 7.33. The van der Waals surface area contributed by atoms with Gasteiger partial charge >= 0.3 is 6.18 Å². The smallest absolute Gasteiger partial charge is 0.298 e. The number of hydrogen-bond donors (Lipinski definition) is 1. The summed E-state index contributed by atoms with van der Waals surface area (Å²) in [6.07, 6.45) is -3.95. The van der Waals surface area contributed by atoms with E-state index in [-0.39, 0.29) is 10.8 Å². The second-order valence-electron chi connectivity index (χ2n) is 5.67. The Hall–Kier alpha value is -2.78. The standard InChI is InChI=1S/C18H9ClF4N2O2S/c19-11-2-4-12(5-3-11)25-16(27)13(15(26)24-17(25)28)8-9-7-10(18(21,22)23)1-6-14(9)20/h1-8H,(H,24,26,28). The molecule has 1 aliphatic rings. The maximum atomic E-state index is 14.0. The van der Waals surface area contributed by atoms with Gasteiger partial charge in [0, 0.05) is 10.6 Å². The van der Waals surface area contributed by atoms with Crippen molar-refractivity contribution in [1.82, 2.24) is 5.32 Å². The lowest BCUT2D eigenvalue weighted by atomic mass is 10.0. The van der Waals surface area contributed by atoms with Gasteiger partial charge in [0.25, 0.3) is 11.8 Å². The van der Waals surface area contributed by atoms with Crippen LogP contribution in [0.15, 0.2) is 48.0 Å². The third-order valence-electron chi connectivity index (χ3n) is 3.81. The molecule has 0 saturated carbocycles. The first-order valence-corrected chi connectivity index (χ1v) is 8.40. The highest BCUT2D eigenvalue weighted by molar-refractivity contribution is 7.80.